The van der Waals surface area contributed by atoms with E-state index in [1.807, 2.05) is 9.80 Å². The van der Waals surface area contributed by atoms with Crippen molar-refractivity contribution in [3.8, 4) is 0 Å². The Balaban J connectivity index is 1.43. The number of amides is 2. The molecule has 3 aliphatic rings. The Morgan fingerprint density at radius 1 is 0.958 bits per heavy atom. The highest BCUT2D eigenvalue weighted by molar-refractivity contribution is 5.78. The lowest BCUT2D eigenvalue weighted by atomic mass is 10.0. The molecule has 3 saturated heterocycles. The summed E-state index contributed by atoms with van der Waals surface area (Å²) in [7, 11) is 0. The number of piperidine rings is 2. The van der Waals surface area contributed by atoms with Gasteiger partial charge in [0.1, 0.15) is 6.61 Å². The summed E-state index contributed by atoms with van der Waals surface area (Å²) in [5.74, 6) is 0.292. The van der Waals surface area contributed by atoms with Gasteiger partial charge in [0.25, 0.3) is 0 Å². The Bertz CT molecular complexity index is 437. The summed E-state index contributed by atoms with van der Waals surface area (Å²) < 4.78 is 5.61. The maximum Gasteiger partial charge on any atom is 0.409 e. The highest BCUT2D eigenvalue weighted by atomic mass is 16.6. The van der Waals surface area contributed by atoms with Crippen LogP contribution >= 0.6 is 0 Å². The number of hydrogen-bond donors (Lipinski definition) is 0. The zero-order valence-electron chi connectivity index (χ0n) is 14.8. The van der Waals surface area contributed by atoms with Crippen LogP contribution in [-0.4, -0.2) is 78.6 Å². The summed E-state index contributed by atoms with van der Waals surface area (Å²) >= 11 is 0. The number of rotatable bonds is 5. The lowest BCUT2D eigenvalue weighted by Crippen LogP contribution is -2.47. The van der Waals surface area contributed by atoms with Gasteiger partial charge in [-0.25, -0.2) is 4.79 Å². The largest absolute Gasteiger partial charge is 0.448 e. The van der Waals surface area contributed by atoms with Crippen LogP contribution in [-0.2, 0) is 9.53 Å². The molecule has 3 rings (SSSR count). The van der Waals surface area contributed by atoms with Gasteiger partial charge in [0, 0.05) is 45.2 Å². The van der Waals surface area contributed by atoms with Crippen molar-refractivity contribution in [3.63, 3.8) is 0 Å². The Hall–Kier alpha value is -1.30. The van der Waals surface area contributed by atoms with Crippen molar-refractivity contribution in [3.05, 3.63) is 0 Å². The Labute approximate surface area is 145 Å². The predicted octanol–water partition coefficient (Wildman–Crippen LogP) is 2.09. The molecule has 3 aliphatic heterocycles. The van der Waals surface area contributed by atoms with Gasteiger partial charge >= 0.3 is 6.09 Å². The van der Waals surface area contributed by atoms with Crippen LogP contribution in [0, 0.1) is 0 Å². The smallest absolute Gasteiger partial charge is 0.409 e. The van der Waals surface area contributed by atoms with E-state index in [4.69, 9.17) is 4.74 Å². The topological polar surface area (TPSA) is 53.1 Å². The second-order valence-corrected chi connectivity index (χ2v) is 7.29. The molecule has 0 spiro atoms. The fraction of sp³-hybridized carbons (Fsp3) is 0.889. The molecule has 1 atom stereocenters. The Kier molecular flexibility index (Phi) is 6.35. The van der Waals surface area contributed by atoms with Crippen LogP contribution in [0.1, 0.15) is 51.4 Å². The van der Waals surface area contributed by atoms with Crippen LogP contribution in [0.2, 0.25) is 0 Å². The summed E-state index contributed by atoms with van der Waals surface area (Å²) in [6, 6.07) is 0.310. The van der Waals surface area contributed by atoms with E-state index in [1.165, 1.54) is 19.3 Å². The minimum atomic E-state index is -0.144. The molecule has 0 aromatic carbocycles. The van der Waals surface area contributed by atoms with Crippen molar-refractivity contribution >= 4 is 12.0 Å². The molecule has 0 radical (unpaired) electrons. The van der Waals surface area contributed by atoms with E-state index in [0.29, 0.717) is 25.0 Å². The van der Waals surface area contributed by atoms with Crippen molar-refractivity contribution in [2.75, 3.05) is 45.9 Å². The molecule has 6 nitrogen and oxygen atoms in total. The molecule has 1 unspecified atom stereocenters. The third-order valence-corrected chi connectivity index (χ3v) is 5.59. The molecule has 136 valence electrons. The number of hydrogen-bond acceptors (Lipinski definition) is 4. The molecular weight excluding hydrogens is 306 g/mol. The first-order valence-electron chi connectivity index (χ1n) is 9.67. The molecule has 3 heterocycles. The van der Waals surface area contributed by atoms with Crippen molar-refractivity contribution in [1.29, 1.82) is 0 Å². The number of likely N-dealkylation sites (tertiary alicyclic amines) is 3. The standard InChI is InChI=1S/C18H31N3O3/c22-17-8-6-12-20(17)14-13-19-9-5-2-7-16(19)15-24-18(23)21-10-3-1-4-11-21/h16H,1-15H2. The molecule has 6 heteroatoms. The summed E-state index contributed by atoms with van der Waals surface area (Å²) in [6.45, 7) is 5.83. The molecule has 24 heavy (non-hydrogen) atoms. The quantitative estimate of drug-likeness (QED) is 0.771. The van der Waals surface area contributed by atoms with Gasteiger partial charge in [-0.3, -0.25) is 9.69 Å². The Morgan fingerprint density at radius 3 is 2.50 bits per heavy atom. The van der Waals surface area contributed by atoms with Crippen LogP contribution in [0.3, 0.4) is 0 Å². The van der Waals surface area contributed by atoms with E-state index in [2.05, 4.69) is 4.90 Å². The van der Waals surface area contributed by atoms with E-state index in [-0.39, 0.29) is 6.09 Å². The highest BCUT2D eigenvalue weighted by Gasteiger charge is 2.27. The maximum atomic E-state index is 12.2. The van der Waals surface area contributed by atoms with Gasteiger partial charge in [0.2, 0.25) is 5.91 Å². The van der Waals surface area contributed by atoms with E-state index in [0.717, 1.165) is 65.0 Å². The van der Waals surface area contributed by atoms with Crippen LogP contribution in [0.15, 0.2) is 0 Å². The summed E-state index contributed by atoms with van der Waals surface area (Å²) in [5.41, 5.74) is 0. The van der Waals surface area contributed by atoms with Gasteiger partial charge in [-0.1, -0.05) is 6.42 Å². The average molecular weight is 337 g/mol. The minimum Gasteiger partial charge on any atom is -0.448 e. The predicted molar refractivity (Wildman–Crippen MR) is 91.8 cm³/mol. The molecule has 0 N–H and O–H groups in total. The van der Waals surface area contributed by atoms with Gasteiger partial charge in [-0.05, 0) is 45.1 Å². The van der Waals surface area contributed by atoms with Crippen LogP contribution < -0.4 is 0 Å². The molecule has 2 amide bonds. The van der Waals surface area contributed by atoms with Gasteiger partial charge in [0.05, 0.1) is 0 Å². The van der Waals surface area contributed by atoms with Gasteiger partial charge in [-0.2, -0.15) is 0 Å². The van der Waals surface area contributed by atoms with Gasteiger partial charge < -0.3 is 14.5 Å². The van der Waals surface area contributed by atoms with Crippen molar-refractivity contribution < 1.29 is 14.3 Å². The van der Waals surface area contributed by atoms with Crippen LogP contribution in [0.4, 0.5) is 4.79 Å². The third-order valence-electron chi connectivity index (χ3n) is 5.59. The lowest BCUT2D eigenvalue weighted by molar-refractivity contribution is -0.128. The molecule has 0 aromatic heterocycles. The number of nitrogens with zero attached hydrogens (tertiary/aromatic N) is 3. The maximum absolute atomic E-state index is 12.2. The average Bonchev–Trinajstić information content (AvgIpc) is 3.04. The van der Waals surface area contributed by atoms with Crippen LogP contribution in [0.5, 0.6) is 0 Å². The van der Waals surface area contributed by atoms with E-state index >= 15 is 0 Å². The first-order valence-corrected chi connectivity index (χ1v) is 9.67. The zero-order chi connectivity index (χ0) is 16.8. The molecule has 0 aromatic rings. The molecule has 3 fully saturated rings. The van der Waals surface area contributed by atoms with E-state index in [1.54, 1.807) is 0 Å². The van der Waals surface area contributed by atoms with Gasteiger partial charge in [0.15, 0.2) is 0 Å². The normalized spacial score (nSPS) is 26.0. The summed E-state index contributed by atoms with van der Waals surface area (Å²) in [5, 5.41) is 0. The highest BCUT2D eigenvalue weighted by Crippen LogP contribution is 2.19. The van der Waals surface area contributed by atoms with Crippen molar-refractivity contribution in [2.45, 2.75) is 57.4 Å². The molecular formula is C18H31N3O3. The van der Waals surface area contributed by atoms with Crippen molar-refractivity contribution in [1.82, 2.24) is 14.7 Å². The molecule has 0 bridgehead atoms. The van der Waals surface area contributed by atoms with Gasteiger partial charge in [-0.15, -0.1) is 0 Å². The number of ether oxygens (including phenoxy) is 1. The third kappa shape index (κ3) is 4.62. The second kappa shape index (κ2) is 8.70. The molecule has 0 aliphatic carbocycles. The number of carbonyl (C=O) groups excluding carboxylic acids is 2. The first kappa shape index (κ1) is 17.5. The second-order valence-electron chi connectivity index (χ2n) is 7.29. The molecule has 0 saturated carbocycles. The summed E-state index contributed by atoms with van der Waals surface area (Å²) in [6.07, 6.45) is 8.44. The number of carbonyl (C=O) groups is 2. The minimum absolute atomic E-state index is 0.144. The van der Waals surface area contributed by atoms with E-state index in [9.17, 15) is 9.59 Å². The first-order chi connectivity index (χ1) is 11.7. The summed E-state index contributed by atoms with van der Waals surface area (Å²) in [4.78, 5) is 30.2. The monoisotopic (exact) mass is 337 g/mol. The van der Waals surface area contributed by atoms with Crippen LogP contribution in [0.25, 0.3) is 0 Å². The van der Waals surface area contributed by atoms with Crippen molar-refractivity contribution in [2.24, 2.45) is 0 Å². The fourth-order valence-corrected chi connectivity index (χ4v) is 4.07. The fourth-order valence-electron chi connectivity index (χ4n) is 4.07. The Morgan fingerprint density at radius 2 is 1.75 bits per heavy atom. The lowest BCUT2D eigenvalue weighted by Gasteiger charge is -2.36. The zero-order valence-corrected chi connectivity index (χ0v) is 14.8. The van der Waals surface area contributed by atoms with E-state index < -0.39 is 0 Å². The SMILES string of the molecule is O=C1CCCN1CCN1CCCCC1COC(=O)N1CCCCC1.